The first-order valence-electron chi connectivity index (χ1n) is 10.7. The van der Waals surface area contributed by atoms with E-state index in [9.17, 15) is 4.79 Å². The average molecular weight is 471 g/mol. The third-order valence-electron chi connectivity index (χ3n) is 5.26. The Morgan fingerprint density at radius 3 is 2.50 bits per heavy atom. The highest BCUT2D eigenvalue weighted by atomic mass is 32.1. The predicted octanol–water partition coefficient (Wildman–Crippen LogP) is 6.70. The van der Waals surface area contributed by atoms with Gasteiger partial charge in [0.25, 0.3) is 5.91 Å². The molecule has 3 aromatic carbocycles. The largest absolute Gasteiger partial charge is 0.497 e. The van der Waals surface area contributed by atoms with Gasteiger partial charge in [0, 0.05) is 11.3 Å². The van der Waals surface area contributed by atoms with Gasteiger partial charge in [-0.05, 0) is 85.3 Å². The molecule has 0 aliphatic carbocycles. The quantitative estimate of drug-likeness (QED) is 0.286. The molecule has 0 unspecified atom stereocenters. The van der Waals surface area contributed by atoms with E-state index in [1.54, 1.807) is 30.6 Å². The molecule has 5 aromatic rings. The molecule has 0 aliphatic heterocycles. The molecule has 0 bridgehead atoms. The third-order valence-corrected chi connectivity index (χ3v) is 6.33. The van der Waals surface area contributed by atoms with Crippen LogP contribution in [-0.2, 0) is 6.61 Å². The summed E-state index contributed by atoms with van der Waals surface area (Å²) < 4.78 is 17.6. The summed E-state index contributed by atoms with van der Waals surface area (Å²) in [6.07, 6.45) is 0. The number of carbonyl (C=O) groups excluding carboxylic acids is 1. The van der Waals surface area contributed by atoms with Gasteiger partial charge in [0.1, 0.15) is 28.9 Å². The molecule has 0 radical (unpaired) electrons. The van der Waals surface area contributed by atoms with Gasteiger partial charge in [-0.2, -0.15) is 0 Å². The van der Waals surface area contributed by atoms with Gasteiger partial charge >= 0.3 is 0 Å². The molecule has 0 aliphatic rings. The first kappa shape index (κ1) is 21.7. The van der Waals surface area contributed by atoms with Crippen LogP contribution in [0.1, 0.15) is 21.9 Å². The lowest BCUT2D eigenvalue weighted by Crippen LogP contribution is -2.10. The number of thiazole rings is 1. The SMILES string of the molecule is COc1ccc(OCc2ccc(C(=O)Nc3ccc(-c4nc5ccc(C)cc5s4)cc3)o2)cc1. The van der Waals surface area contributed by atoms with E-state index in [1.165, 1.54) is 5.56 Å². The summed E-state index contributed by atoms with van der Waals surface area (Å²) in [4.78, 5) is 17.3. The Kier molecular flexibility index (Phi) is 6.01. The molecule has 6 nitrogen and oxygen atoms in total. The van der Waals surface area contributed by atoms with Crippen LogP contribution in [0.25, 0.3) is 20.8 Å². The van der Waals surface area contributed by atoms with Crippen molar-refractivity contribution < 1.29 is 18.7 Å². The number of aryl methyl sites for hydroxylation is 1. The van der Waals surface area contributed by atoms with Crippen LogP contribution in [-0.4, -0.2) is 18.0 Å². The maximum absolute atomic E-state index is 12.6. The van der Waals surface area contributed by atoms with Crippen LogP contribution in [0.2, 0.25) is 0 Å². The first-order valence-corrected chi connectivity index (χ1v) is 11.5. The van der Waals surface area contributed by atoms with E-state index in [0.29, 0.717) is 17.2 Å². The number of anilines is 1. The van der Waals surface area contributed by atoms with Gasteiger partial charge < -0.3 is 19.2 Å². The Bertz CT molecular complexity index is 1440. The molecule has 2 aromatic heterocycles. The summed E-state index contributed by atoms with van der Waals surface area (Å²) in [5.74, 6) is 1.90. The van der Waals surface area contributed by atoms with Crippen LogP contribution in [0, 0.1) is 6.92 Å². The van der Waals surface area contributed by atoms with Gasteiger partial charge in [-0.1, -0.05) is 6.07 Å². The molecule has 7 heteroatoms. The Morgan fingerprint density at radius 2 is 1.74 bits per heavy atom. The number of hydrogen-bond acceptors (Lipinski definition) is 6. The zero-order valence-corrected chi connectivity index (χ0v) is 19.5. The minimum absolute atomic E-state index is 0.218. The Balaban J connectivity index is 1.20. The minimum Gasteiger partial charge on any atom is -0.497 e. The highest BCUT2D eigenvalue weighted by Crippen LogP contribution is 2.31. The average Bonchev–Trinajstić information content (AvgIpc) is 3.50. The number of benzene rings is 3. The summed E-state index contributed by atoms with van der Waals surface area (Å²) in [5, 5.41) is 3.82. The van der Waals surface area contributed by atoms with Gasteiger partial charge in [0.2, 0.25) is 0 Å². The number of hydrogen-bond donors (Lipinski definition) is 1. The smallest absolute Gasteiger partial charge is 0.291 e. The number of nitrogens with zero attached hydrogens (tertiary/aromatic N) is 1. The molecule has 0 saturated carbocycles. The number of aromatic nitrogens is 1. The van der Waals surface area contributed by atoms with Gasteiger partial charge in [0.15, 0.2) is 5.76 Å². The fourth-order valence-electron chi connectivity index (χ4n) is 3.45. The Morgan fingerprint density at radius 1 is 0.971 bits per heavy atom. The van der Waals surface area contributed by atoms with Crippen LogP contribution >= 0.6 is 11.3 Å². The molecular formula is C27H22N2O4S. The van der Waals surface area contributed by atoms with Crippen LogP contribution in [0.15, 0.2) is 83.3 Å². The lowest BCUT2D eigenvalue weighted by Gasteiger charge is -2.06. The number of methoxy groups -OCH3 is 1. The molecule has 0 spiro atoms. The zero-order chi connectivity index (χ0) is 23.5. The number of rotatable bonds is 7. The number of carbonyl (C=O) groups is 1. The van der Waals surface area contributed by atoms with E-state index in [0.717, 1.165) is 26.5 Å². The van der Waals surface area contributed by atoms with Crippen molar-refractivity contribution in [3.8, 4) is 22.1 Å². The fraction of sp³-hybridized carbons (Fsp3) is 0.111. The third kappa shape index (κ3) is 4.79. The second kappa shape index (κ2) is 9.41. The Labute approximate surface area is 200 Å². The van der Waals surface area contributed by atoms with Gasteiger partial charge in [-0.3, -0.25) is 4.79 Å². The van der Waals surface area contributed by atoms with Crippen LogP contribution in [0.5, 0.6) is 11.5 Å². The van der Waals surface area contributed by atoms with Crippen molar-refractivity contribution in [1.29, 1.82) is 0 Å². The number of fused-ring (bicyclic) bond motifs is 1. The van der Waals surface area contributed by atoms with Crippen LogP contribution < -0.4 is 14.8 Å². The lowest BCUT2D eigenvalue weighted by atomic mass is 10.2. The number of furan rings is 1. The van der Waals surface area contributed by atoms with E-state index >= 15 is 0 Å². The van der Waals surface area contributed by atoms with Crippen molar-refractivity contribution in [3.63, 3.8) is 0 Å². The molecule has 2 heterocycles. The molecular weight excluding hydrogens is 448 g/mol. The number of nitrogens with one attached hydrogen (secondary N) is 1. The van der Waals surface area contributed by atoms with Crippen molar-refractivity contribution in [2.45, 2.75) is 13.5 Å². The zero-order valence-electron chi connectivity index (χ0n) is 18.7. The van der Waals surface area contributed by atoms with Gasteiger partial charge in [-0.15, -0.1) is 11.3 Å². The fourth-order valence-corrected chi connectivity index (χ4v) is 4.52. The maximum Gasteiger partial charge on any atom is 0.291 e. The van der Waals surface area contributed by atoms with Crippen molar-refractivity contribution in [2.75, 3.05) is 12.4 Å². The second-order valence-corrected chi connectivity index (χ2v) is 8.78. The minimum atomic E-state index is -0.320. The number of amides is 1. The summed E-state index contributed by atoms with van der Waals surface area (Å²) >= 11 is 1.66. The van der Waals surface area contributed by atoms with E-state index in [2.05, 4.69) is 24.4 Å². The van der Waals surface area contributed by atoms with E-state index < -0.39 is 0 Å². The Hall–Kier alpha value is -4.10. The van der Waals surface area contributed by atoms with Crippen LogP contribution in [0.3, 0.4) is 0 Å². The molecule has 170 valence electrons. The first-order chi connectivity index (χ1) is 16.6. The molecule has 5 rings (SSSR count). The molecule has 0 saturated heterocycles. The van der Waals surface area contributed by atoms with Crippen molar-refractivity contribution in [3.05, 3.63) is 95.9 Å². The monoisotopic (exact) mass is 470 g/mol. The van der Waals surface area contributed by atoms with Crippen LogP contribution in [0.4, 0.5) is 5.69 Å². The maximum atomic E-state index is 12.6. The normalized spacial score (nSPS) is 10.9. The lowest BCUT2D eigenvalue weighted by molar-refractivity contribution is 0.0992. The van der Waals surface area contributed by atoms with Crippen molar-refractivity contribution in [2.24, 2.45) is 0 Å². The van der Waals surface area contributed by atoms with Crippen molar-refractivity contribution in [1.82, 2.24) is 4.98 Å². The van der Waals surface area contributed by atoms with E-state index in [-0.39, 0.29) is 18.3 Å². The molecule has 1 amide bonds. The molecule has 1 N–H and O–H groups in total. The standard InChI is InChI=1S/C27H22N2O4S/c1-17-3-13-23-25(15-17)34-27(29-23)18-4-6-19(7-5-18)28-26(30)24-14-12-22(33-24)16-32-21-10-8-20(31-2)9-11-21/h3-15H,16H2,1-2H3,(H,28,30). The van der Waals surface area contributed by atoms with Gasteiger partial charge in [-0.25, -0.2) is 4.98 Å². The summed E-state index contributed by atoms with van der Waals surface area (Å²) in [5.41, 5.74) is 3.90. The second-order valence-electron chi connectivity index (χ2n) is 7.75. The topological polar surface area (TPSA) is 73.6 Å². The molecule has 0 atom stereocenters. The van der Waals surface area contributed by atoms with E-state index in [1.807, 2.05) is 54.6 Å². The highest BCUT2D eigenvalue weighted by Gasteiger charge is 2.13. The summed E-state index contributed by atoms with van der Waals surface area (Å²) in [6, 6.07) is 24.5. The highest BCUT2D eigenvalue weighted by molar-refractivity contribution is 7.21. The van der Waals surface area contributed by atoms with E-state index in [4.69, 9.17) is 18.9 Å². The summed E-state index contributed by atoms with van der Waals surface area (Å²) in [7, 11) is 1.61. The molecule has 0 fully saturated rings. The number of ether oxygens (including phenoxy) is 2. The molecule has 34 heavy (non-hydrogen) atoms. The van der Waals surface area contributed by atoms with Crippen molar-refractivity contribution >= 4 is 33.1 Å². The van der Waals surface area contributed by atoms with Gasteiger partial charge in [0.05, 0.1) is 17.3 Å². The summed E-state index contributed by atoms with van der Waals surface area (Å²) in [6.45, 7) is 2.29. The predicted molar refractivity (Wildman–Crippen MR) is 134 cm³/mol.